The average molecular weight is 392 g/mol. The van der Waals surface area contributed by atoms with Gasteiger partial charge in [-0.2, -0.15) is 0 Å². The molecule has 1 unspecified atom stereocenters. The zero-order chi connectivity index (χ0) is 20.1. The topological polar surface area (TPSA) is 72.5 Å². The second kappa shape index (κ2) is 6.42. The average Bonchev–Trinajstić information content (AvgIpc) is 3.23. The van der Waals surface area contributed by atoms with E-state index in [0.717, 1.165) is 22.3 Å². The van der Waals surface area contributed by atoms with E-state index in [-0.39, 0.29) is 11.7 Å². The van der Waals surface area contributed by atoms with E-state index in [1.165, 1.54) is 0 Å². The molecular weight excluding hydrogens is 376 g/mol. The molecule has 6 nitrogen and oxygen atoms in total. The minimum Gasteiger partial charge on any atom is -0.508 e. The largest absolute Gasteiger partial charge is 0.508 e. The highest BCUT2D eigenvalue weighted by atomic mass is 16.5. The lowest BCUT2D eigenvalue weighted by Gasteiger charge is -2.27. The molecule has 6 rings (SSSR count). The molecule has 1 aliphatic heterocycles. The summed E-state index contributed by atoms with van der Waals surface area (Å²) in [5.41, 5.74) is 4.54. The Morgan fingerprint density at radius 1 is 0.900 bits per heavy atom. The molecule has 3 aromatic carbocycles. The Morgan fingerprint density at radius 2 is 1.67 bits per heavy atom. The highest BCUT2D eigenvalue weighted by Crippen LogP contribution is 2.48. The maximum absolute atomic E-state index is 9.97. The zero-order valence-corrected chi connectivity index (χ0v) is 15.8. The molecule has 1 N–H and O–H groups in total. The zero-order valence-electron chi connectivity index (χ0n) is 15.8. The number of benzene rings is 3. The number of aromatic nitrogens is 4. The van der Waals surface area contributed by atoms with Crippen molar-refractivity contribution in [2.24, 2.45) is 0 Å². The minimum absolute atomic E-state index is 0.144. The molecule has 0 amide bonds. The lowest BCUT2D eigenvalue weighted by atomic mass is 9.84. The molecule has 0 fully saturated rings. The summed E-state index contributed by atoms with van der Waals surface area (Å²) < 4.78 is 7.78. The van der Waals surface area contributed by atoms with Gasteiger partial charge in [0.1, 0.15) is 17.8 Å². The quantitative estimate of drug-likeness (QED) is 0.459. The smallest absolute Gasteiger partial charge is 0.228 e. The molecule has 1 atom stereocenters. The number of hydrogen-bond donors (Lipinski definition) is 1. The van der Waals surface area contributed by atoms with Crippen LogP contribution >= 0.6 is 0 Å². The number of rotatable bonds is 2. The van der Waals surface area contributed by atoms with Gasteiger partial charge in [-0.15, -0.1) is 5.10 Å². The van der Waals surface area contributed by atoms with Crippen LogP contribution in [0.4, 0.5) is 0 Å². The number of phenolic OH excluding ortho intramolecular Hbond substituents is 1. The second-order valence-electron chi connectivity index (χ2n) is 7.20. The summed E-state index contributed by atoms with van der Waals surface area (Å²) in [4.78, 5) is 9.36. The van der Waals surface area contributed by atoms with Crippen molar-refractivity contribution in [3.63, 3.8) is 0 Å². The molecule has 0 saturated heterocycles. The van der Waals surface area contributed by atoms with Crippen molar-refractivity contribution in [2.75, 3.05) is 0 Å². The molecule has 1 aliphatic rings. The summed E-state index contributed by atoms with van der Waals surface area (Å²) in [6.45, 7) is 0. The van der Waals surface area contributed by atoms with Crippen molar-refractivity contribution in [1.29, 1.82) is 0 Å². The number of ether oxygens (including phenoxy) is 1. The van der Waals surface area contributed by atoms with Gasteiger partial charge in [-0.05, 0) is 11.6 Å². The van der Waals surface area contributed by atoms with Crippen molar-refractivity contribution >= 4 is 5.65 Å². The maximum atomic E-state index is 9.97. The Bertz CT molecular complexity index is 1380. The van der Waals surface area contributed by atoms with Crippen LogP contribution in [0.2, 0.25) is 0 Å². The number of nitrogens with zero attached hydrogens (tertiary/aromatic N) is 4. The van der Waals surface area contributed by atoms with Gasteiger partial charge < -0.3 is 9.84 Å². The van der Waals surface area contributed by atoms with Crippen LogP contribution in [-0.2, 0) is 0 Å². The predicted octanol–water partition coefficient (Wildman–Crippen LogP) is 4.78. The van der Waals surface area contributed by atoms with Gasteiger partial charge in [-0.1, -0.05) is 66.7 Å². The van der Waals surface area contributed by atoms with E-state index >= 15 is 0 Å². The van der Waals surface area contributed by atoms with Gasteiger partial charge >= 0.3 is 0 Å². The third kappa shape index (κ3) is 2.54. The summed E-state index contributed by atoms with van der Waals surface area (Å²) in [7, 11) is 0. The summed E-state index contributed by atoms with van der Waals surface area (Å²) >= 11 is 0. The predicted molar refractivity (Wildman–Crippen MR) is 112 cm³/mol. The minimum atomic E-state index is -0.144. The fraction of sp³-hybridized carbons (Fsp3) is 0.0417. The molecule has 5 aromatic rings. The molecule has 6 heteroatoms. The molecule has 30 heavy (non-hydrogen) atoms. The molecule has 144 valence electrons. The highest BCUT2D eigenvalue weighted by Gasteiger charge is 2.33. The van der Waals surface area contributed by atoms with Crippen LogP contribution in [-0.4, -0.2) is 24.7 Å². The van der Waals surface area contributed by atoms with Crippen LogP contribution in [0.15, 0.2) is 85.2 Å². The Morgan fingerprint density at radius 3 is 2.47 bits per heavy atom. The van der Waals surface area contributed by atoms with Crippen molar-refractivity contribution in [3.05, 3.63) is 102 Å². The van der Waals surface area contributed by atoms with Gasteiger partial charge in [0.2, 0.25) is 5.88 Å². The summed E-state index contributed by atoms with van der Waals surface area (Å²) in [6, 6.07) is 25.2. The van der Waals surface area contributed by atoms with Crippen molar-refractivity contribution in [2.45, 2.75) is 5.92 Å². The first-order valence-corrected chi connectivity index (χ1v) is 9.64. The van der Waals surface area contributed by atoms with Gasteiger partial charge in [-0.3, -0.25) is 0 Å². The fourth-order valence-electron chi connectivity index (χ4n) is 4.00. The third-order valence-electron chi connectivity index (χ3n) is 5.36. The molecule has 0 radical (unpaired) electrons. The fourth-order valence-corrected chi connectivity index (χ4v) is 4.00. The number of fused-ring (bicyclic) bond motifs is 4. The first-order valence-electron chi connectivity index (χ1n) is 9.64. The van der Waals surface area contributed by atoms with E-state index in [2.05, 4.69) is 22.2 Å². The molecule has 0 bridgehead atoms. The second-order valence-corrected chi connectivity index (χ2v) is 7.20. The summed E-state index contributed by atoms with van der Waals surface area (Å²) in [5.74, 6) is 1.71. The first kappa shape index (κ1) is 16.7. The molecule has 0 aliphatic carbocycles. The van der Waals surface area contributed by atoms with Gasteiger partial charge in [0, 0.05) is 23.1 Å². The third-order valence-corrected chi connectivity index (χ3v) is 5.36. The molecule has 0 saturated carbocycles. The van der Waals surface area contributed by atoms with E-state index in [0.29, 0.717) is 23.1 Å². The van der Waals surface area contributed by atoms with Crippen LogP contribution in [0.5, 0.6) is 17.4 Å². The Kier molecular flexibility index (Phi) is 3.58. The van der Waals surface area contributed by atoms with Gasteiger partial charge in [-0.25, -0.2) is 14.5 Å². The van der Waals surface area contributed by atoms with Gasteiger partial charge in [0.25, 0.3) is 0 Å². The maximum Gasteiger partial charge on any atom is 0.228 e. The SMILES string of the molecule is Oc1ccc2c(c1)Oc1ncn3nc(-c4ccccc4)nc3c1C2c1ccccc1. The molecule has 2 aromatic heterocycles. The highest BCUT2D eigenvalue weighted by molar-refractivity contribution is 5.68. The molecule has 3 heterocycles. The lowest BCUT2D eigenvalue weighted by Crippen LogP contribution is -2.14. The van der Waals surface area contributed by atoms with E-state index in [4.69, 9.17) is 9.72 Å². The number of hydrogen-bond acceptors (Lipinski definition) is 5. The first-order chi connectivity index (χ1) is 14.8. The van der Waals surface area contributed by atoms with Crippen LogP contribution < -0.4 is 4.74 Å². The van der Waals surface area contributed by atoms with Crippen molar-refractivity contribution < 1.29 is 9.84 Å². The summed E-state index contributed by atoms with van der Waals surface area (Å²) in [5, 5.41) is 14.6. The molecule has 0 spiro atoms. The van der Waals surface area contributed by atoms with Crippen LogP contribution in [0.1, 0.15) is 22.6 Å². The van der Waals surface area contributed by atoms with Crippen molar-refractivity contribution in [3.8, 4) is 28.8 Å². The van der Waals surface area contributed by atoms with Gasteiger partial charge in [0.15, 0.2) is 11.5 Å². The van der Waals surface area contributed by atoms with Gasteiger partial charge in [0.05, 0.1) is 5.56 Å². The Labute approximate surface area is 172 Å². The summed E-state index contributed by atoms with van der Waals surface area (Å²) in [6.07, 6.45) is 1.61. The monoisotopic (exact) mass is 392 g/mol. The molecular formula is C24H16N4O2. The normalized spacial score (nSPS) is 14.7. The van der Waals surface area contributed by atoms with E-state index < -0.39 is 0 Å². The van der Waals surface area contributed by atoms with Crippen molar-refractivity contribution in [1.82, 2.24) is 19.6 Å². The standard InChI is InChI=1S/C24H16N4O2/c29-17-11-12-18-19(13-17)30-24-21(20(18)15-7-3-1-4-8-15)23-26-22(27-28(23)14-25-24)16-9-5-2-6-10-16/h1-14,20,29H. The lowest BCUT2D eigenvalue weighted by molar-refractivity contribution is 0.422. The van der Waals surface area contributed by atoms with Crippen LogP contribution in [0, 0.1) is 0 Å². The van der Waals surface area contributed by atoms with E-state index in [1.807, 2.05) is 54.6 Å². The number of phenols is 1. The van der Waals surface area contributed by atoms with E-state index in [9.17, 15) is 5.11 Å². The Hall–Kier alpha value is -4.19. The van der Waals surface area contributed by atoms with Crippen LogP contribution in [0.3, 0.4) is 0 Å². The van der Waals surface area contributed by atoms with E-state index in [1.54, 1.807) is 23.0 Å². The number of aromatic hydroxyl groups is 1. The van der Waals surface area contributed by atoms with Crippen LogP contribution in [0.25, 0.3) is 17.0 Å². The Balaban J connectivity index is 1.63.